The van der Waals surface area contributed by atoms with E-state index in [1.807, 2.05) is 13.2 Å². The fourth-order valence-electron chi connectivity index (χ4n) is 4.34. The minimum absolute atomic E-state index is 0.584. The number of hydrogen-bond donors (Lipinski definition) is 2. The summed E-state index contributed by atoms with van der Waals surface area (Å²) in [5.74, 6) is 0. The van der Waals surface area contributed by atoms with Crippen LogP contribution in [-0.2, 0) is 34.1 Å². The van der Waals surface area contributed by atoms with Gasteiger partial charge in [-0.05, 0) is 56.6 Å². The third kappa shape index (κ3) is 15.8. The molecule has 0 aliphatic heterocycles. The molecule has 224 valence electrons. The number of rotatable bonds is 24. The van der Waals surface area contributed by atoms with E-state index in [2.05, 4.69) is 78.1 Å². The van der Waals surface area contributed by atoms with Gasteiger partial charge in [0.2, 0.25) is 0 Å². The lowest BCUT2D eigenvalue weighted by Gasteiger charge is -2.13. The summed E-state index contributed by atoms with van der Waals surface area (Å²) in [7, 11) is 1.92. The molecule has 2 rings (SSSR count). The summed E-state index contributed by atoms with van der Waals surface area (Å²) < 4.78 is 18.7. The van der Waals surface area contributed by atoms with E-state index < -0.39 is 0 Å². The highest BCUT2D eigenvalue weighted by atomic mass is 16.5. The molecular weight excluding hydrogens is 502 g/mol. The molecule has 0 spiro atoms. The van der Waals surface area contributed by atoms with Crippen molar-refractivity contribution in [1.29, 1.82) is 0 Å². The molecule has 1 heterocycles. The van der Waals surface area contributed by atoms with Crippen molar-refractivity contribution in [3.05, 3.63) is 65.1 Å². The number of nitrogens with one attached hydrogen (secondary N) is 2. The Bertz CT molecular complexity index is 956. The van der Waals surface area contributed by atoms with Crippen LogP contribution in [0.5, 0.6) is 0 Å². The number of nitrogens with zero attached hydrogens (tertiary/aromatic N) is 3. The summed E-state index contributed by atoms with van der Waals surface area (Å²) in [5, 5.41) is 15.0. The van der Waals surface area contributed by atoms with Gasteiger partial charge in [-0.25, -0.2) is 0 Å². The average Bonchev–Trinajstić information content (AvgIpc) is 3.37. The first-order chi connectivity index (χ1) is 19.6. The second kappa shape index (κ2) is 22.1. The standard InChI is InChI=1S/C32H53N5O3/c1-5-11-28(3)33-19-21-38-23-25-40-26-24-39-22-20-34-32(12-6-2)30-17-15-29(16-18-30)13-9-7-8-10-14-31-27-37(4)36-35-31/h11-12,15-18,27,33-34H,5-10,13-14,19-26H2,1-4H3/b28-11-,32-12+. The SMILES string of the molecule is CC/C=C(/C)NCCOCCOCCOCCN/C(=C/CC)c1ccc(CCCCCCc2cn(C)nn2)cc1. The molecule has 2 aromatic rings. The number of ether oxygens (including phenoxy) is 3. The third-order valence-corrected chi connectivity index (χ3v) is 6.44. The van der Waals surface area contributed by atoms with Crippen molar-refractivity contribution in [2.45, 2.75) is 72.1 Å². The van der Waals surface area contributed by atoms with Crippen molar-refractivity contribution in [3.63, 3.8) is 0 Å². The van der Waals surface area contributed by atoms with Gasteiger partial charge in [0.1, 0.15) is 0 Å². The van der Waals surface area contributed by atoms with Gasteiger partial charge in [0.15, 0.2) is 0 Å². The van der Waals surface area contributed by atoms with Crippen LogP contribution < -0.4 is 10.6 Å². The zero-order valence-electron chi connectivity index (χ0n) is 25.4. The number of hydrogen-bond acceptors (Lipinski definition) is 7. The molecule has 0 saturated heterocycles. The van der Waals surface area contributed by atoms with E-state index in [1.165, 1.54) is 48.2 Å². The highest BCUT2D eigenvalue weighted by Gasteiger charge is 2.03. The van der Waals surface area contributed by atoms with Gasteiger partial charge in [0.05, 0.1) is 45.3 Å². The van der Waals surface area contributed by atoms with Crippen LogP contribution in [0.1, 0.15) is 76.1 Å². The number of aryl methyl sites for hydroxylation is 3. The Balaban J connectivity index is 1.49. The van der Waals surface area contributed by atoms with E-state index in [1.54, 1.807) is 4.68 Å². The van der Waals surface area contributed by atoms with Gasteiger partial charge < -0.3 is 24.8 Å². The Morgan fingerprint density at radius 3 is 1.98 bits per heavy atom. The van der Waals surface area contributed by atoms with Crippen molar-refractivity contribution in [2.75, 3.05) is 52.7 Å². The maximum Gasteiger partial charge on any atom is 0.0827 e. The summed E-state index contributed by atoms with van der Waals surface area (Å²) in [5.41, 5.74) is 6.09. The lowest BCUT2D eigenvalue weighted by Crippen LogP contribution is -2.20. The van der Waals surface area contributed by atoms with Gasteiger partial charge in [-0.1, -0.05) is 68.3 Å². The highest BCUT2D eigenvalue weighted by Crippen LogP contribution is 2.16. The fourth-order valence-corrected chi connectivity index (χ4v) is 4.34. The van der Waals surface area contributed by atoms with Crippen molar-refractivity contribution < 1.29 is 14.2 Å². The molecule has 8 heteroatoms. The molecule has 0 saturated carbocycles. The monoisotopic (exact) mass is 555 g/mol. The Labute approximate surface area is 242 Å². The Morgan fingerprint density at radius 2 is 1.38 bits per heavy atom. The first-order valence-electron chi connectivity index (χ1n) is 15.1. The van der Waals surface area contributed by atoms with Gasteiger partial charge in [-0.2, -0.15) is 0 Å². The van der Waals surface area contributed by atoms with Crippen LogP contribution in [0.2, 0.25) is 0 Å². The van der Waals surface area contributed by atoms with Crippen LogP contribution in [0.4, 0.5) is 0 Å². The van der Waals surface area contributed by atoms with Crippen LogP contribution in [0, 0.1) is 0 Å². The summed E-state index contributed by atoms with van der Waals surface area (Å²) in [4.78, 5) is 0. The normalized spacial score (nSPS) is 12.2. The Kier molecular flexibility index (Phi) is 18.5. The van der Waals surface area contributed by atoms with Gasteiger partial charge in [-0.3, -0.25) is 4.68 Å². The van der Waals surface area contributed by atoms with Gasteiger partial charge in [-0.15, -0.1) is 5.10 Å². The molecule has 0 aliphatic rings. The van der Waals surface area contributed by atoms with E-state index in [4.69, 9.17) is 14.2 Å². The molecule has 0 aliphatic carbocycles. The van der Waals surface area contributed by atoms with Crippen molar-refractivity contribution in [1.82, 2.24) is 25.6 Å². The lowest BCUT2D eigenvalue weighted by molar-refractivity contribution is 0.0163. The Hall–Kier alpha value is -2.68. The molecule has 0 amide bonds. The molecule has 2 N–H and O–H groups in total. The van der Waals surface area contributed by atoms with E-state index in [9.17, 15) is 0 Å². The largest absolute Gasteiger partial charge is 0.387 e. The number of benzene rings is 1. The van der Waals surface area contributed by atoms with Crippen molar-refractivity contribution in [2.24, 2.45) is 7.05 Å². The molecule has 8 nitrogen and oxygen atoms in total. The number of allylic oxidation sites excluding steroid dienone is 3. The van der Waals surface area contributed by atoms with Crippen LogP contribution in [0.15, 0.2) is 48.3 Å². The van der Waals surface area contributed by atoms with Gasteiger partial charge >= 0.3 is 0 Å². The van der Waals surface area contributed by atoms with Crippen LogP contribution in [-0.4, -0.2) is 67.7 Å². The first kappa shape index (κ1) is 33.5. The predicted octanol–water partition coefficient (Wildman–Crippen LogP) is 5.45. The van der Waals surface area contributed by atoms with Crippen molar-refractivity contribution >= 4 is 5.70 Å². The van der Waals surface area contributed by atoms with E-state index in [0.717, 1.165) is 44.5 Å². The second-order valence-electron chi connectivity index (χ2n) is 10.0. The molecule has 40 heavy (non-hydrogen) atoms. The van der Waals surface area contributed by atoms with Crippen molar-refractivity contribution in [3.8, 4) is 0 Å². The Morgan fingerprint density at radius 1 is 0.775 bits per heavy atom. The maximum absolute atomic E-state index is 5.73. The smallest absolute Gasteiger partial charge is 0.0827 e. The molecule has 1 aromatic carbocycles. The molecule has 0 radical (unpaired) electrons. The van der Waals surface area contributed by atoms with E-state index in [0.29, 0.717) is 39.6 Å². The topological polar surface area (TPSA) is 82.5 Å². The van der Waals surface area contributed by atoms with Gasteiger partial charge in [0.25, 0.3) is 0 Å². The molecule has 0 bridgehead atoms. The van der Waals surface area contributed by atoms with E-state index in [-0.39, 0.29) is 0 Å². The molecule has 0 atom stereocenters. The quantitative estimate of drug-likeness (QED) is 0.167. The summed E-state index contributed by atoms with van der Waals surface area (Å²) in [6.07, 6.45) is 15.5. The summed E-state index contributed by atoms with van der Waals surface area (Å²) in [6, 6.07) is 8.99. The second-order valence-corrected chi connectivity index (χ2v) is 10.0. The minimum Gasteiger partial charge on any atom is -0.387 e. The van der Waals surface area contributed by atoms with Gasteiger partial charge in [0, 0.05) is 37.7 Å². The van der Waals surface area contributed by atoms with Crippen LogP contribution >= 0.6 is 0 Å². The van der Waals surface area contributed by atoms with Crippen LogP contribution in [0.25, 0.3) is 5.70 Å². The zero-order valence-corrected chi connectivity index (χ0v) is 25.4. The molecule has 0 unspecified atom stereocenters. The highest BCUT2D eigenvalue weighted by molar-refractivity contribution is 5.64. The summed E-state index contributed by atoms with van der Waals surface area (Å²) in [6.45, 7) is 11.7. The predicted molar refractivity (Wildman–Crippen MR) is 164 cm³/mol. The summed E-state index contributed by atoms with van der Waals surface area (Å²) >= 11 is 0. The zero-order chi connectivity index (χ0) is 28.7. The molecular formula is C32H53N5O3. The fraction of sp³-hybridized carbons (Fsp3) is 0.625. The van der Waals surface area contributed by atoms with Crippen LogP contribution in [0.3, 0.4) is 0 Å². The number of unbranched alkanes of at least 4 members (excludes halogenated alkanes) is 3. The number of aromatic nitrogens is 3. The average molecular weight is 556 g/mol. The molecule has 1 aromatic heterocycles. The minimum atomic E-state index is 0.584. The lowest BCUT2D eigenvalue weighted by atomic mass is 10.0. The molecule has 0 fully saturated rings. The third-order valence-electron chi connectivity index (χ3n) is 6.44. The first-order valence-corrected chi connectivity index (χ1v) is 15.1. The maximum atomic E-state index is 5.73. The van der Waals surface area contributed by atoms with E-state index >= 15 is 0 Å².